The monoisotopic (exact) mass is 449 g/mol. The molecule has 4 rings (SSSR count). The van der Waals surface area contributed by atoms with E-state index < -0.39 is 23.5 Å². The quantitative estimate of drug-likeness (QED) is 0.333. The number of hydrogen-bond acceptors (Lipinski definition) is 5. The number of anilines is 1. The van der Waals surface area contributed by atoms with Gasteiger partial charge >= 0.3 is 0 Å². The number of methoxy groups -OCH3 is 1. The van der Waals surface area contributed by atoms with Crippen molar-refractivity contribution in [3.05, 3.63) is 94.0 Å². The number of aliphatic hydroxyl groups excluding tert-OH is 1. The summed E-state index contributed by atoms with van der Waals surface area (Å²) < 4.78 is 5.22. The number of phenolic OH excluding ortho intramolecular Hbond substituents is 1. The van der Waals surface area contributed by atoms with Gasteiger partial charge < -0.3 is 14.9 Å². The third-order valence-corrected chi connectivity index (χ3v) is 5.69. The minimum Gasteiger partial charge on any atom is -0.508 e. The van der Waals surface area contributed by atoms with Gasteiger partial charge in [0.15, 0.2) is 0 Å². The summed E-state index contributed by atoms with van der Waals surface area (Å²) in [6, 6.07) is 17.1. The summed E-state index contributed by atoms with van der Waals surface area (Å²) in [7, 11) is 1.47. The maximum Gasteiger partial charge on any atom is 0.300 e. The summed E-state index contributed by atoms with van der Waals surface area (Å²) in [5.74, 6) is -1.53. The molecule has 1 heterocycles. The van der Waals surface area contributed by atoms with Crippen LogP contribution >= 0.6 is 11.6 Å². The first kappa shape index (κ1) is 21.5. The zero-order valence-corrected chi connectivity index (χ0v) is 18.1. The number of carbonyl (C=O) groups excluding carboxylic acids is 2. The fourth-order valence-electron chi connectivity index (χ4n) is 3.81. The van der Waals surface area contributed by atoms with E-state index in [0.717, 1.165) is 5.56 Å². The van der Waals surface area contributed by atoms with E-state index >= 15 is 0 Å². The lowest BCUT2D eigenvalue weighted by Crippen LogP contribution is -2.29. The second kappa shape index (κ2) is 8.40. The molecule has 162 valence electrons. The molecule has 2 N–H and O–H groups in total. The van der Waals surface area contributed by atoms with Gasteiger partial charge in [0.25, 0.3) is 11.7 Å². The van der Waals surface area contributed by atoms with Crippen molar-refractivity contribution in [2.45, 2.75) is 13.0 Å². The predicted octanol–water partition coefficient (Wildman–Crippen LogP) is 4.99. The van der Waals surface area contributed by atoms with Crippen molar-refractivity contribution in [3.8, 4) is 11.5 Å². The molecule has 1 aliphatic heterocycles. The van der Waals surface area contributed by atoms with Crippen LogP contribution in [-0.2, 0) is 9.59 Å². The number of benzene rings is 3. The van der Waals surface area contributed by atoms with Gasteiger partial charge in [0.2, 0.25) is 0 Å². The summed E-state index contributed by atoms with van der Waals surface area (Å²) in [6.45, 7) is 1.88. The summed E-state index contributed by atoms with van der Waals surface area (Å²) in [6.07, 6.45) is 0. The van der Waals surface area contributed by atoms with Gasteiger partial charge in [0.1, 0.15) is 17.3 Å². The fraction of sp³-hybridized carbons (Fsp3) is 0.120. The number of phenols is 1. The zero-order valence-electron chi connectivity index (χ0n) is 17.4. The van der Waals surface area contributed by atoms with Crippen molar-refractivity contribution in [1.29, 1.82) is 0 Å². The molecule has 32 heavy (non-hydrogen) atoms. The van der Waals surface area contributed by atoms with Crippen molar-refractivity contribution < 1.29 is 24.5 Å². The third kappa shape index (κ3) is 3.69. The van der Waals surface area contributed by atoms with Gasteiger partial charge in [-0.2, -0.15) is 0 Å². The molecule has 1 atom stereocenters. The molecule has 3 aromatic carbocycles. The van der Waals surface area contributed by atoms with Gasteiger partial charge in [-0.25, -0.2) is 0 Å². The number of carbonyl (C=O) groups is 2. The third-order valence-electron chi connectivity index (χ3n) is 5.36. The first-order chi connectivity index (χ1) is 15.3. The maximum absolute atomic E-state index is 13.2. The van der Waals surface area contributed by atoms with Crippen LogP contribution in [0.3, 0.4) is 0 Å². The minimum atomic E-state index is -0.917. The van der Waals surface area contributed by atoms with Crippen LogP contribution in [0.15, 0.2) is 72.3 Å². The highest BCUT2D eigenvalue weighted by molar-refractivity contribution is 6.52. The summed E-state index contributed by atoms with van der Waals surface area (Å²) >= 11 is 6.31. The van der Waals surface area contributed by atoms with Gasteiger partial charge in [-0.3, -0.25) is 14.5 Å². The molecular weight excluding hydrogens is 430 g/mol. The molecule has 1 aliphatic rings. The van der Waals surface area contributed by atoms with E-state index in [9.17, 15) is 19.8 Å². The van der Waals surface area contributed by atoms with Crippen LogP contribution in [0.1, 0.15) is 22.7 Å². The molecular formula is C25H20ClNO5. The lowest BCUT2D eigenvalue weighted by molar-refractivity contribution is -0.132. The Morgan fingerprint density at radius 1 is 1.03 bits per heavy atom. The van der Waals surface area contributed by atoms with Crippen molar-refractivity contribution in [2.24, 2.45) is 0 Å². The zero-order chi connectivity index (χ0) is 23.0. The second-order valence-electron chi connectivity index (χ2n) is 7.45. The van der Waals surface area contributed by atoms with E-state index in [-0.39, 0.29) is 21.9 Å². The van der Waals surface area contributed by atoms with Gasteiger partial charge in [-0.1, -0.05) is 35.9 Å². The molecule has 1 fully saturated rings. The van der Waals surface area contributed by atoms with Crippen LogP contribution in [0.4, 0.5) is 5.69 Å². The van der Waals surface area contributed by atoms with E-state index in [1.165, 1.54) is 30.2 Å². The van der Waals surface area contributed by atoms with Crippen molar-refractivity contribution in [2.75, 3.05) is 12.0 Å². The van der Waals surface area contributed by atoms with Crippen LogP contribution in [0, 0.1) is 6.92 Å². The average Bonchev–Trinajstić information content (AvgIpc) is 3.05. The number of aliphatic hydroxyl groups is 1. The number of ether oxygens (including phenoxy) is 1. The van der Waals surface area contributed by atoms with E-state index in [1.54, 1.807) is 42.5 Å². The molecule has 6 nitrogen and oxygen atoms in total. The van der Waals surface area contributed by atoms with Crippen LogP contribution in [0.25, 0.3) is 5.76 Å². The van der Waals surface area contributed by atoms with Crippen molar-refractivity contribution >= 4 is 34.7 Å². The summed E-state index contributed by atoms with van der Waals surface area (Å²) in [4.78, 5) is 27.7. The number of halogens is 1. The van der Waals surface area contributed by atoms with Crippen LogP contribution < -0.4 is 9.64 Å². The molecule has 0 radical (unpaired) electrons. The first-order valence-corrected chi connectivity index (χ1v) is 10.2. The van der Waals surface area contributed by atoms with Gasteiger partial charge in [0.05, 0.1) is 23.7 Å². The molecule has 0 aromatic heterocycles. The van der Waals surface area contributed by atoms with Crippen molar-refractivity contribution in [3.63, 3.8) is 0 Å². The van der Waals surface area contributed by atoms with Crippen LogP contribution in [0.2, 0.25) is 5.02 Å². The Labute approximate surface area is 189 Å². The average molecular weight is 450 g/mol. The standard InChI is InChI=1S/C25H20ClNO5/c1-14-4-3-5-16(12-14)27-22(15-6-8-17(28)9-7-15)21(24(30)25(27)31)23(29)19-13-18(32-2)10-11-20(19)26/h3-13,22,28-29H,1-2H3/b23-21+. The van der Waals surface area contributed by atoms with Gasteiger partial charge in [-0.15, -0.1) is 0 Å². The molecule has 0 aliphatic carbocycles. The molecule has 0 spiro atoms. The summed E-state index contributed by atoms with van der Waals surface area (Å²) in [5, 5.41) is 21.1. The minimum absolute atomic E-state index is 0.0390. The molecule has 1 saturated heterocycles. The number of aryl methyl sites for hydroxylation is 1. The maximum atomic E-state index is 13.2. The lowest BCUT2D eigenvalue weighted by Gasteiger charge is -2.26. The highest BCUT2D eigenvalue weighted by Gasteiger charge is 2.47. The second-order valence-corrected chi connectivity index (χ2v) is 7.85. The number of ketones is 1. The Balaban J connectivity index is 1.98. The van der Waals surface area contributed by atoms with E-state index in [4.69, 9.17) is 16.3 Å². The van der Waals surface area contributed by atoms with Gasteiger partial charge in [0, 0.05) is 11.3 Å². The number of aromatic hydroxyl groups is 1. The SMILES string of the molecule is COc1ccc(Cl)c(/C(O)=C2\C(=O)C(=O)N(c3cccc(C)c3)C2c2ccc(O)cc2)c1. The lowest BCUT2D eigenvalue weighted by atomic mass is 9.95. The predicted molar refractivity (Wildman–Crippen MR) is 122 cm³/mol. The molecule has 3 aromatic rings. The Bertz CT molecular complexity index is 1250. The topological polar surface area (TPSA) is 87.1 Å². The van der Waals surface area contributed by atoms with Crippen LogP contribution in [0.5, 0.6) is 11.5 Å². The normalized spacial score (nSPS) is 17.6. The Morgan fingerprint density at radius 2 is 1.75 bits per heavy atom. The van der Waals surface area contributed by atoms with Crippen LogP contribution in [-0.4, -0.2) is 29.0 Å². The molecule has 1 amide bonds. The Kier molecular flexibility index (Phi) is 5.63. The van der Waals surface area contributed by atoms with E-state index in [0.29, 0.717) is 17.0 Å². The fourth-order valence-corrected chi connectivity index (χ4v) is 4.01. The highest BCUT2D eigenvalue weighted by Crippen LogP contribution is 2.43. The van der Waals surface area contributed by atoms with E-state index in [2.05, 4.69) is 0 Å². The number of nitrogens with zero attached hydrogens (tertiary/aromatic N) is 1. The number of rotatable bonds is 4. The van der Waals surface area contributed by atoms with Gasteiger partial charge in [-0.05, 0) is 60.5 Å². The highest BCUT2D eigenvalue weighted by atomic mass is 35.5. The molecule has 1 unspecified atom stereocenters. The molecule has 0 bridgehead atoms. The smallest absolute Gasteiger partial charge is 0.300 e. The first-order valence-electron chi connectivity index (χ1n) is 9.82. The number of Topliss-reactive ketones (excluding diaryl/α,β-unsaturated/α-hetero) is 1. The molecule has 0 saturated carbocycles. The molecule has 7 heteroatoms. The Hall–Kier alpha value is -3.77. The Morgan fingerprint density at radius 3 is 2.41 bits per heavy atom. The van der Waals surface area contributed by atoms with E-state index in [1.807, 2.05) is 13.0 Å². The summed E-state index contributed by atoms with van der Waals surface area (Å²) in [5.41, 5.74) is 2.05. The number of hydrogen-bond donors (Lipinski definition) is 2. The largest absolute Gasteiger partial charge is 0.508 e. The number of amides is 1. The van der Waals surface area contributed by atoms with Crippen molar-refractivity contribution in [1.82, 2.24) is 0 Å².